The number of rotatable bonds is 5. The number of phenols is 1. The average Bonchev–Trinajstić information content (AvgIpc) is 3.19. The molecule has 9 heteroatoms. The van der Waals surface area contributed by atoms with Crippen LogP contribution < -0.4 is 15.4 Å². The van der Waals surface area contributed by atoms with Gasteiger partial charge < -0.3 is 19.6 Å². The first-order valence-corrected chi connectivity index (χ1v) is 11.7. The van der Waals surface area contributed by atoms with Gasteiger partial charge in [0.25, 0.3) is 5.91 Å². The Kier molecular flexibility index (Phi) is 6.85. The number of aromatic nitrogens is 1. The van der Waals surface area contributed by atoms with Crippen molar-refractivity contribution in [2.45, 2.75) is 20.8 Å². The van der Waals surface area contributed by atoms with E-state index in [1.165, 1.54) is 6.07 Å². The number of thiocarbonyl (C=S) groups is 1. The number of amides is 1. The number of benzene rings is 3. The summed E-state index contributed by atoms with van der Waals surface area (Å²) in [6.07, 6.45) is 0. The summed E-state index contributed by atoms with van der Waals surface area (Å²) in [5.41, 5.74) is 4.92. The van der Waals surface area contributed by atoms with Gasteiger partial charge in [-0.05, 0) is 109 Å². The number of nitrogens with one attached hydrogen (secondary N) is 2. The zero-order valence-electron chi connectivity index (χ0n) is 18.7. The van der Waals surface area contributed by atoms with Gasteiger partial charge in [0, 0.05) is 11.3 Å². The summed E-state index contributed by atoms with van der Waals surface area (Å²) in [6, 6.07) is 13.7. The molecule has 0 saturated heterocycles. The molecule has 3 aromatic carbocycles. The minimum atomic E-state index is -0.370. The number of phenolic OH excluding ortho intramolecular Hbond substituents is 1. The number of oxazole rings is 1. The smallest absolute Gasteiger partial charge is 0.257 e. The van der Waals surface area contributed by atoms with Gasteiger partial charge in [0.15, 0.2) is 10.7 Å². The number of anilines is 1. The molecule has 1 heterocycles. The summed E-state index contributed by atoms with van der Waals surface area (Å²) >= 11 is 8.71. The first kappa shape index (κ1) is 23.7. The molecule has 7 nitrogen and oxygen atoms in total. The zero-order valence-corrected chi connectivity index (χ0v) is 21.1. The molecule has 4 aromatic rings. The lowest BCUT2D eigenvalue weighted by Gasteiger charge is -2.12. The van der Waals surface area contributed by atoms with Crippen molar-refractivity contribution in [3.05, 3.63) is 69.7 Å². The van der Waals surface area contributed by atoms with E-state index in [4.69, 9.17) is 21.4 Å². The van der Waals surface area contributed by atoms with E-state index in [1.807, 2.05) is 32.9 Å². The molecule has 3 N–H and O–H groups in total. The number of hydrogen-bond acceptors (Lipinski definition) is 6. The highest BCUT2D eigenvalue weighted by molar-refractivity contribution is 9.10. The van der Waals surface area contributed by atoms with Gasteiger partial charge in [-0.3, -0.25) is 10.1 Å². The number of carbonyl (C=O) groups excluding carboxylic acids is 1. The average molecular weight is 540 g/mol. The summed E-state index contributed by atoms with van der Waals surface area (Å²) in [4.78, 5) is 17.1. The van der Waals surface area contributed by atoms with Crippen LogP contribution in [0.5, 0.6) is 11.5 Å². The van der Waals surface area contributed by atoms with Crippen molar-refractivity contribution in [3.63, 3.8) is 0 Å². The largest absolute Gasteiger partial charge is 0.507 e. The fourth-order valence-corrected chi connectivity index (χ4v) is 4.04. The van der Waals surface area contributed by atoms with Crippen LogP contribution in [0, 0.1) is 13.8 Å². The van der Waals surface area contributed by atoms with Crippen LogP contribution in [0.3, 0.4) is 0 Å². The molecule has 0 aliphatic rings. The van der Waals surface area contributed by atoms with Crippen LogP contribution in [-0.4, -0.2) is 27.7 Å². The summed E-state index contributed by atoms with van der Waals surface area (Å²) < 4.78 is 12.0. The zero-order chi connectivity index (χ0) is 24.4. The lowest BCUT2D eigenvalue weighted by atomic mass is 10.1. The summed E-state index contributed by atoms with van der Waals surface area (Å²) in [5, 5.41) is 16.1. The minimum absolute atomic E-state index is 0.0137. The standard InChI is InChI=1S/C25H22BrN3O4S/c1-4-32-21-8-5-15(11-18(21)26)23(31)29-25(34)27-16-6-7-20(30)17(12-16)24-28-19-9-13(2)14(3)10-22(19)33-24/h5-12,30H,4H2,1-3H3,(H2,27,29,31,34). The Bertz CT molecular complexity index is 1380. The molecule has 0 spiro atoms. The number of fused-ring (bicyclic) bond motifs is 1. The van der Waals surface area contributed by atoms with Crippen molar-refractivity contribution < 1.29 is 19.1 Å². The van der Waals surface area contributed by atoms with Gasteiger partial charge in [-0.25, -0.2) is 4.98 Å². The van der Waals surface area contributed by atoms with Crippen molar-refractivity contribution in [1.82, 2.24) is 10.3 Å². The van der Waals surface area contributed by atoms with Gasteiger partial charge in [-0.2, -0.15) is 0 Å². The first-order chi connectivity index (χ1) is 16.2. The number of aromatic hydroxyl groups is 1. The molecular formula is C25H22BrN3O4S. The number of halogens is 1. The molecule has 34 heavy (non-hydrogen) atoms. The fourth-order valence-electron chi connectivity index (χ4n) is 3.33. The Morgan fingerprint density at radius 3 is 2.65 bits per heavy atom. The van der Waals surface area contributed by atoms with E-state index < -0.39 is 0 Å². The highest BCUT2D eigenvalue weighted by Gasteiger charge is 2.15. The predicted molar refractivity (Wildman–Crippen MR) is 140 cm³/mol. The van der Waals surface area contributed by atoms with Gasteiger partial charge in [0.2, 0.25) is 5.89 Å². The van der Waals surface area contributed by atoms with Crippen molar-refractivity contribution in [2.75, 3.05) is 11.9 Å². The Hall–Kier alpha value is -3.43. The maximum absolute atomic E-state index is 12.6. The van der Waals surface area contributed by atoms with Gasteiger partial charge >= 0.3 is 0 Å². The molecular weight excluding hydrogens is 518 g/mol. The molecule has 1 aromatic heterocycles. The quantitative estimate of drug-likeness (QED) is 0.208. The van der Waals surface area contributed by atoms with Gasteiger partial charge in [0.05, 0.1) is 16.6 Å². The molecule has 0 aliphatic heterocycles. The van der Waals surface area contributed by atoms with Crippen LogP contribution in [0.1, 0.15) is 28.4 Å². The number of nitrogens with zero attached hydrogens (tertiary/aromatic N) is 1. The van der Waals surface area contributed by atoms with E-state index in [0.717, 1.165) is 11.1 Å². The number of hydrogen-bond donors (Lipinski definition) is 3. The molecule has 0 aliphatic carbocycles. The Morgan fingerprint density at radius 1 is 1.15 bits per heavy atom. The summed E-state index contributed by atoms with van der Waals surface area (Å²) in [6.45, 7) is 6.42. The van der Waals surface area contributed by atoms with E-state index >= 15 is 0 Å². The number of ether oxygens (including phenoxy) is 1. The van der Waals surface area contributed by atoms with E-state index in [-0.39, 0.29) is 22.7 Å². The van der Waals surface area contributed by atoms with E-state index in [2.05, 4.69) is 31.5 Å². The predicted octanol–water partition coefficient (Wildman–Crippen LogP) is 6.11. The van der Waals surface area contributed by atoms with E-state index in [0.29, 0.717) is 44.7 Å². The normalized spacial score (nSPS) is 10.8. The second-order valence-electron chi connectivity index (χ2n) is 7.64. The summed E-state index contributed by atoms with van der Waals surface area (Å²) in [5.74, 6) is 0.584. The molecule has 0 atom stereocenters. The Balaban J connectivity index is 1.50. The van der Waals surface area contributed by atoms with Gasteiger partial charge in [-0.15, -0.1) is 0 Å². The van der Waals surface area contributed by atoms with Crippen molar-refractivity contribution in [2.24, 2.45) is 0 Å². The van der Waals surface area contributed by atoms with Gasteiger partial charge in [0.1, 0.15) is 17.0 Å². The fraction of sp³-hybridized carbons (Fsp3) is 0.160. The summed E-state index contributed by atoms with van der Waals surface area (Å²) in [7, 11) is 0. The van der Waals surface area contributed by atoms with E-state index in [9.17, 15) is 9.90 Å². The monoisotopic (exact) mass is 539 g/mol. The lowest BCUT2D eigenvalue weighted by Crippen LogP contribution is -2.34. The molecule has 0 bridgehead atoms. The molecule has 4 rings (SSSR count). The molecule has 0 saturated carbocycles. The van der Waals surface area contributed by atoms with Crippen LogP contribution in [0.15, 0.2) is 57.4 Å². The van der Waals surface area contributed by atoms with Crippen LogP contribution in [0.2, 0.25) is 0 Å². The second-order valence-corrected chi connectivity index (χ2v) is 8.90. The maximum Gasteiger partial charge on any atom is 0.257 e. The van der Waals surface area contributed by atoms with Crippen LogP contribution in [-0.2, 0) is 0 Å². The lowest BCUT2D eigenvalue weighted by molar-refractivity contribution is 0.0977. The topological polar surface area (TPSA) is 96.6 Å². The van der Waals surface area contributed by atoms with E-state index in [1.54, 1.807) is 30.3 Å². The molecule has 0 unspecified atom stereocenters. The third-order valence-electron chi connectivity index (χ3n) is 5.21. The highest BCUT2D eigenvalue weighted by atomic mass is 79.9. The third kappa shape index (κ3) is 5.05. The number of carbonyl (C=O) groups is 1. The SMILES string of the molecule is CCOc1ccc(C(=O)NC(=S)Nc2ccc(O)c(-c3nc4cc(C)c(C)cc4o3)c2)cc1Br. The number of aryl methyl sites for hydroxylation is 2. The van der Waals surface area contributed by atoms with Crippen LogP contribution in [0.25, 0.3) is 22.6 Å². The van der Waals surface area contributed by atoms with Crippen molar-refractivity contribution in [1.29, 1.82) is 0 Å². The molecule has 1 amide bonds. The first-order valence-electron chi connectivity index (χ1n) is 10.5. The Labute approximate surface area is 210 Å². The maximum atomic E-state index is 12.6. The third-order valence-corrected chi connectivity index (χ3v) is 6.03. The second kappa shape index (κ2) is 9.82. The molecule has 0 radical (unpaired) electrons. The molecule has 0 fully saturated rings. The van der Waals surface area contributed by atoms with Crippen LogP contribution >= 0.6 is 28.1 Å². The Morgan fingerprint density at radius 2 is 1.91 bits per heavy atom. The molecule has 174 valence electrons. The van der Waals surface area contributed by atoms with Crippen LogP contribution in [0.4, 0.5) is 5.69 Å². The van der Waals surface area contributed by atoms with Crippen molar-refractivity contribution >= 4 is 56.0 Å². The minimum Gasteiger partial charge on any atom is -0.507 e. The highest BCUT2D eigenvalue weighted by Crippen LogP contribution is 2.34. The van der Waals surface area contributed by atoms with Gasteiger partial charge in [-0.1, -0.05) is 0 Å². The van der Waals surface area contributed by atoms with Crippen molar-refractivity contribution in [3.8, 4) is 23.0 Å².